The van der Waals surface area contributed by atoms with Crippen LogP contribution < -0.4 is 37.2 Å². The third-order valence-corrected chi connectivity index (χ3v) is 7.17. The molecule has 1 aromatic heterocycles. The van der Waals surface area contributed by atoms with E-state index in [-0.39, 0.29) is 54.0 Å². The number of aliphatic imine (C=N–C) groups is 2. The molecule has 0 aliphatic carbocycles. The Morgan fingerprint density at radius 1 is 0.512 bits per heavy atom. The molecule has 43 heavy (non-hydrogen) atoms. The fourth-order valence-corrected chi connectivity index (χ4v) is 5.48. The van der Waals surface area contributed by atoms with Crippen LogP contribution in [0.25, 0.3) is 0 Å². The summed E-state index contributed by atoms with van der Waals surface area (Å²) in [5, 5.41) is 0. The molecule has 238 valence electrons. The molecule has 0 saturated carbocycles. The molecule has 0 fully saturated rings. The van der Waals surface area contributed by atoms with Gasteiger partial charge in [-0.25, -0.2) is 4.98 Å². The first-order chi connectivity index (χ1) is 18.7. The Kier molecular flexibility index (Phi) is 21.3. The van der Waals surface area contributed by atoms with Gasteiger partial charge < -0.3 is 37.2 Å². The van der Waals surface area contributed by atoms with Crippen molar-refractivity contribution >= 4 is 22.8 Å². The Bertz CT molecular complexity index is 1210. The minimum absolute atomic E-state index is 0. The maximum absolute atomic E-state index is 5.23. The van der Waals surface area contributed by atoms with Crippen molar-refractivity contribution in [1.82, 2.24) is 4.98 Å². The smallest absolute Gasteiger partial charge is 1.00 e. The van der Waals surface area contributed by atoms with Crippen LogP contribution >= 0.6 is 0 Å². The van der Waals surface area contributed by atoms with Gasteiger partial charge in [-0.1, -0.05) is 88.8 Å². The van der Waals surface area contributed by atoms with Crippen molar-refractivity contribution in [1.29, 1.82) is 0 Å². The van der Waals surface area contributed by atoms with E-state index in [1.54, 1.807) is 0 Å². The summed E-state index contributed by atoms with van der Waals surface area (Å²) in [6, 6.07) is 13.5. The molecule has 0 saturated heterocycles. The number of aromatic nitrogens is 1. The van der Waals surface area contributed by atoms with Crippen LogP contribution in [-0.4, -0.2) is 16.4 Å². The van der Waals surface area contributed by atoms with E-state index in [1.807, 2.05) is 0 Å². The van der Waals surface area contributed by atoms with Crippen molar-refractivity contribution in [2.24, 2.45) is 9.98 Å². The van der Waals surface area contributed by atoms with Gasteiger partial charge in [-0.05, 0) is 100 Å². The average molecular weight is 689 g/mol. The molecule has 0 atom stereocenters. The van der Waals surface area contributed by atoms with E-state index in [9.17, 15) is 0 Å². The topological polar surface area (TPSA) is 37.6 Å². The Morgan fingerprint density at radius 2 is 0.767 bits per heavy atom. The summed E-state index contributed by atoms with van der Waals surface area (Å²) >= 11 is 0. The number of hydrogen-bond donors (Lipinski definition) is 0. The number of pyridine rings is 1. The van der Waals surface area contributed by atoms with Gasteiger partial charge in [0, 0.05) is 0 Å². The first-order valence-corrected chi connectivity index (χ1v) is 15.0. The zero-order valence-corrected chi connectivity index (χ0v) is 30.7. The van der Waals surface area contributed by atoms with Gasteiger partial charge in [0.1, 0.15) is 0 Å². The molecule has 0 unspecified atom stereocenters. The van der Waals surface area contributed by atoms with E-state index in [4.69, 9.17) is 15.0 Å². The predicted molar refractivity (Wildman–Crippen MR) is 171 cm³/mol. The zero-order valence-electron chi connectivity index (χ0n) is 27.4. The molecule has 0 spiro atoms. The van der Waals surface area contributed by atoms with Gasteiger partial charge in [0.05, 0.1) is 34.2 Å². The second-order valence-electron chi connectivity index (χ2n) is 11.2. The van der Waals surface area contributed by atoms with E-state index < -0.39 is 0 Å². The number of rotatable bonds is 12. The molecule has 7 heteroatoms. The third-order valence-electron chi connectivity index (χ3n) is 7.17. The minimum Gasteiger partial charge on any atom is -1.00 e. The van der Waals surface area contributed by atoms with Gasteiger partial charge >= 0.3 is 16.8 Å². The standard InChI is InChI=1S/C36H49N3.3ClH.Co/c1-10-14-29-18-24(5)19-30(15-11-2)35(29)37-27(8)33-22-26(7)23-34(39-33)28(9)38-36-31(16-12-3)20-25(6)21-32(36)17-13-4;;;;/h18-23H,10-17H2,1-9H3;3*1H;/q;;;;+3/p-3. The molecule has 0 N–H and O–H groups in total. The summed E-state index contributed by atoms with van der Waals surface area (Å²) in [6.45, 7) is 19.7. The van der Waals surface area contributed by atoms with Gasteiger partial charge in [0.25, 0.3) is 0 Å². The van der Waals surface area contributed by atoms with Crippen LogP contribution in [-0.2, 0) is 42.5 Å². The molecule has 0 aliphatic heterocycles. The largest absolute Gasteiger partial charge is 3.00 e. The van der Waals surface area contributed by atoms with Gasteiger partial charge in [0.2, 0.25) is 0 Å². The fraction of sp³-hybridized carbons (Fsp3) is 0.472. The maximum Gasteiger partial charge on any atom is 3.00 e. The molecular formula is C36H49Cl3CoN3. The Morgan fingerprint density at radius 3 is 1.02 bits per heavy atom. The fourth-order valence-electron chi connectivity index (χ4n) is 5.48. The van der Waals surface area contributed by atoms with Gasteiger partial charge in [-0.3, -0.25) is 9.98 Å². The quantitative estimate of drug-likeness (QED) is 0.263. The maximum atomic E-state index is 5.23. The van der Waals surface area contributed by atoms with E-state index in [1.165, 1.54) is 38.9 Å². The van der Waals surface area contributed by atoms with Crippen molar-refractivity contribution in [3.05, 3.63) is 86.7 Å². The Balaban J connectivity index is 0. The molecule has 3 aromatic rings. The summed E-state index contributed by atoms with van der Waals surface area (Å²) in [4.78, 5) is 15.6. The zero-order chi connectivity index (χ0) is 28.5. The van der Waals surface area contributed by atoms with Crippen molar-refractivity contribution in [2.45, 2.75) is 114 Å². The number of benzene rings is 2. The molecule has 3 rings (SSSR count). The summed E-state index contributed by atoms with van der Waals surface area (Å²) in [5.74, 6) is 0. The number of aryl methyl sites for hydroxylation is 7. The average Bonchev–Trinajstić information content (AvgIpc) is 2.88. The van der Waals surface area contributed by atoms with E-state index in [0.717, 1.165) is 85.6 Å². The summed E-state index contributed by atoms with van der Waals surface area (Å²) < 4.78 is 0. The first-order valence-electron chi connectivity index (χ1n) is 15.0. The molecular weight excluding hydrogens is 640 g/mol. The second-order valence-corrected chi connectivity index (χ2v) is 11.2. The number of hydrogen-bond acceptors (Lipinski definition) is 3. The van der Waals surface area contributed by atoms with Crippen molar-refractivity contribution in [2.75, 3.05) is 0 Å². The third kappa shape index (κ3) is 12.0. The molecule has 3 nitrogen and oxygen atoms in total. The normalized spacial score (nSPS) is 11.2. The van der Waals surface area contributed by atoms with E-state index in [0.29, 0.717) is 0 Å². The van der Waals surface area contributed by atoms with Crippen LogP contribution in [0.4, 0.5) is 11.4 Å². The molecule has 0 radical (unpaired) electrons. The van der Waals surface area contributed by atoms with Crippen LogP contribution in [0.2, 0.25) is 0 Å². The molecule has 0 bridgehead atoms. The number of halogens is 3. The van der Waals surface area contributed by atoms with E-state index in [2.05, 4.69) is 98.7 Å². The SMILES string of the molecule is CCCc1cc(C)cc(CCC)c1N=C(C)c1cc(C)cc(C(C)=Nc2c(CCC)cc(C)cc2CCC)n1.[Cl-].[Cl-].[Cl-].[Co+3]. The van der Waals surface area contributed by atoms with Gasteiger partial charge in [-0.2, -0.15) is 0 Å². The molecule has 1 heterocycles. The monoisotopic (exact) mass is 687 g/mol. The van der Waals surface area contributed by atoms with Crippen molar-refractivity contribution in [3.8, 4) is 0 Å². The Hall–Kier alpha value is -1.69. The summed E-state index contributed by atoms with van der Waals surface area (Å²) in [6.07, 6.45) is 8.60. The van der Waals surface area contributed by atoms with Crippen LogP contribution in [0.1, 0.15) is 118 Å². The van der Waals surface area contributed by atoms with Crippen LogP contribution in [0, 0.1) is 20.8 Å². The number of nitrogens with zero attached hydrogens (tertiary/aromatic N) is 3. The molecule has 0 aliphatic rings. The van der Waals surface area contributed by atoms with Crippen LogP contribution in [0.3, 0.4) is 0 Å². The summed E-state index contributed by atoms with van der Waals surface area (Å²) in [7, 11) is 0. The second kappa shape index (κ2) is 21.1. The summed E-state index contributed by atoms with van der Waals surface area (Å²) in [5.41, 5.74) is 15.3. The van der Waals surface area contributed by atoms with Gasteiger partial charge in [0.15, 0.2) is 0 Å². The Labute approximate surface area is 290 Å². The van der Waals surface area contributed by atoms with Crippen molar-refractivity contribution < 1.29 is 54.0 Å². The van der Waals surface area contributed by atoms with Crippen LogP contribution in [0.15, 0.2) is 46.4 Å². The van der Waals surface area contributed by atoms with Gasteiger partial charge in [-0.15, -0.1) is 0 Å². The minimum atomic E-state index is 0. The molecule has 2 aromatic carbocycles. The molecule has 0 amide bonds. The first kappa shape index (κ1) is 43.4. The predicted octanol–water partition coefficient (Wildman–Crippen LogP) is 1.11. The van der Waals surface area contributed by atoms with Crippen molar-refractivity contribution in [3.63, 3.8) is 0 Å². The van der Waals surface area contributed by atoms with E-state index >= 15 is 0 Å². The van der Waals surface area contributed by atoms with Crippen LogP contribution in [0.5, 0.6) is 0 Å².